The minimum absolute atomic E-state index is 0.0603. The van der Waals surface area contributed by atoms with Gasteiger partial charge < -0.3 is 15.0 Å². The predicted molar refractivity (Wildman–Crippen MR) is 110 cm³/mol. The molecular formula is C20H22ClN3O4. The third kappa shape index (κ3) is 4.20. The number of hydrogen-bond donors (Lipinski definition) is 1. The van der Waals surface area contributed by atoms with E-state index in [1.165, 1.54) is 13.2 Å². The van der Waals surface area contributed by atoms with Crippen molar-refractivity contribution in [3.05, 3.63) is 57.1 Å². The van der Waals surface area contributed by atoms with Crippen molar-refractivity contribution >= 4 is 34.6 Å². The number of methoxy groups -OCH3 is 1. The van der Waals surface area contributed by atoms with Crippen LogP contribution in [0.2, 0.25) is 5.02 Å². The Labute approximate surface area is 168 Å². The molecule has 1 amide bonds. The summed E-state index contributed by atoms with van der Waals surface area (Å²) in [5, 5.41) is 14.4. The van der Waals surface area contributed by atoms with Gasteiger partial charge >= 0.3 is 0 Å². The molecule has 148 valence electrons. The van der Waals surface area contributed by atoms with Gasteiger partial charge in [-0.15, -0.1) is 0 Å². The number of carbonyl (C=O) groups is 1. The number of nitro benzene ring substituents is 1. The van der Waals surface area contributed by atoms with Crippen LogP contribution in [-0.2, 0) is 0 Å². The summed E-state index contributed by atoms with van der Waals surface area (Å²) in [5.41, 5.74) is 1.09. The van der Waals surface area contributed by atoms with E-state index >= 15 is 0 Å². The summed E-state index contributed by atoms with van der Waals surface area (Å²) in [6.45, 7) is 3.62. The number of nitro groups is 1. The molecule has 1 saturated heterocycles. The number of ether oxygens (including phenoxy) is 1. The molecule has 1 aliphatic heterocycles. The van der Waals surface area contributed by atoms with Crippen molar-refractivity contribution in [3.63, 3.8) is 0 Å². The monoisotopic (exact) mass is 403 g/mol. The van der Waals surface area contributed by atoms with E-state index in [9.17, 15) is 14.9 Å². The molecule has 0 radical (unpaired) electrons. The third-order valence-corrected chi connectivity index (χ3v) is 5.30. The number of anilines is 2. The molecule has 0 bridgehead atoms. The van der Waals surface area contributed by atoms with Crippen molar-refractivity contribution in [2.45, 2.75) is 19.8 Å². The first kappa shape index (κ1) is 19.9. The Hall–Kier alpha value is -2.80. The zero-order chi connectivity index (χ0) is 20.3. The number of amides is 1. The molecule has 1 aliphatic rings. The quantitative estimate of drug-likeness (QED) is 0.575. The molecule has 28 heavy (non-hydrogen) atoms. The predicted octanol–water partition coefficient (Wildman–Crippen LogP) is 4.75. The average molecular weight is 404 g/mol. The maximum absolute atomic E-state index is 12.7. The molecule has 0 atom stereocenters. The van der Waals surface area contributed by atoms with Gasteiger partial charge in [0.25, 0.3) is 11.6 Å². The van der Waals surface area contributed by atoms with Gasteiger partial charge in [-0.25, -0.2) is 0 Å². The van der Waals surface area contributed by atoms with Crippen LogP contribution in [0.1, 0.15) is 30.1 Å². The molecule has 0 aromatic heterocycles. The fraction of sp³-hybridized carbons (Fsp3) is 0.350. The van der Waals surface area contributed by atoms with Crippen LogP contribution >= 0.6 is 11.6 Å². The van der Waals surface area contributed by atoms with Crippen LogP contribution in [0.4, 0.5) is 17.1 Å². The summed E-state index contributed by atoms with van der Waals surface area (Å²) in [6.07, 6.45) is 1.92. The Morgan fingerprint density at radius 2 is 1.96 bits per heavy atom. The highest BCUT2D eigenvalue weighted by Gasteiger charge is 2.26. The van der Waals surface area contributed by atoms with Gasteiger partial charge in [0.1, 0.15) is 11.4 Å². The first-order chi connectivity index (χ1) is 13.4. The van der Waals surface area contributed by atoms with Gasteiger partial charge in [0.15, 0.2) is 0 Å². The highest BCUT2D eigenvalue weighted by molar-refractivity contribution is 6.34. The first-order valence-electron chi connectivity index (χ1n) is 9.08. The Morgan fingerprint density at radius 3 is 2.61 bits per heavy atom. The number of hydrogen-bond acceptors (Lipinski definition) is 5. The molecule has 7 nitrogen and oxygen atoms in total. The Balaban J connectivity index is 1.94. The second kappa shape index (κ2) is 8.48. The minimum Gasteiger partial charge on any atom is -0.496 e. The maximum atomic E-state index is 12.7. The molecule has 0 aliphatic carbocycles. The van der Waals surface area contributed by atoms with Crippen molar-refractivity contribution in [2.75, 3.05) is 30.4 Å². The van der Waals surface area contributed by atoms with E-state index in [4.69, 9.17) is 16.3 Å². The van der Waals surface area contributed by atoms with Crippen LogP contribution < -0.4 is 15.0 Å². The molecule has 1 N–H and O–H groups in total. The highest BCUT2D eigenvalue weighted by Crippen LogP contribution is 2.38. The summed E-state index contributed by atoms with van der Waals surface area (Å²) in [4.78, 5) is 25.8. The lowest BCUT2D eigenvalue weighted by atomic mass is 9.98. The molecule has 8 heteroatoms. The number of carbonyl (C=O) groups excluding carboxylic acids is 1. The SMILES string of the molecule is COc1ccccc1C(=O)Nc1cc(N2CCC(C)CC2)c([N+](=O)[O-])cc1Cl. The van der Waals surface area contributed by atoms with Gasteiger partial charge in [-0.05, 0) is 37.0 Å². The normalized spacial score (nSPS) is 14.6. The zero-order valence-electron chi connectivity index (χ0n) is 15.8. The van der Waals surface area contributed by atoms with E-state index in [0.717, 1.165) is 25.9 Å². The first-order valence-corrected chi connectivity index (χ1v) is 9.45. The molecular weight excluding hydrogens is 382 g/mol. The van der Waals surface area contributed by atoms with E-state index in [2.05, 4.69) is 12.2 Å². The third-order valence-electron chi connectivity index (χ3n) is 4.99. The molecule has 2 aromatic rings. The van der Waals surface area contributed by atoms with Gasteiger partial charge in [0.2, 0.25) is 0 Å². The highest BCUT2D eigenvalue weighted by atomic mass is 35.5. The van der Waals surface area contributed by atoms with E-state index in [0.29, 0.717) is 28.6 Å². The van der Waals surface area contributed by atoms with Crippen molar-refractivity contribution in [2.24, 2.45) is 5.92 Å². The summed E-state index contributed by atoms with van der Waals surface area (Å²) >= 11 is 6.24. The number of nitrogens with one attached hydrogen (secondary N) is 1. The smallest absolute Gasteiger partial charge is 0.294 e. The average Bonchev–Trinajstić information content (AvgIpc) is 2.69. The van der Waals surface area contributed by atoms with Crippen molar-refractivity contribution in [3.8, 4) is 5.75 Å². The fourth-order valence-electron chi connectivity index (χ4n) is 3.32. The van der Waals surface area contributed by atoms with Gasteiger partial charge in [-0.1, -0.05) is 30.7 Å². The summed E-state index contributed by atoms with van der Waals surface area (Å²) in [5.74, 6) is 0.627. The van der Waals surface area contributed by atoms with Crippen LogP contribution in [0.15, 0.2) is 36.4 Å². The second-order valence-electron chi connectivity index (χ2n) is 6.90. The number of benzene rings is 2. The number of halogens is 1. The number of nitrogens with zero attached hydrogens (tertiary/aromatic N) is 2. The molecule has 2 aromatic carbocycles. The maximum Gasteiger partial charge on any atom is 0.294 e. The number of para-hydroxylation sites is 1. The number of piperidine rings is 1. The second-order valence-corrected chi connectivity index (χ2v) is 7.31. The number of rotatable bonds is 5. The fourth-order valence-corrected chi connectivity index (χ4v) is 3.52. The van der Waals surface area contributed by atoms with Crippen molar-refractivity contribution in [1.82, 2.24) is 0 Å². The van der Waals surface area contributed by atoms with Gasteiger partial charge in [0, 0.05) is 19.2 Å². The Kier molecular flexibility index (Phi) is 6.04. The van der Waals surface area contributed by atoms with Crippen LogP contribution in [0, 0.1) is 16.0 Å². The molecule has 0 unspecified atom stereocenters. The lowest BCUT2D eigenvalue weighted by Crippen LogP contribution is -2.33. The van der Waals surface area contributed by atoms with E-state index < -0.39 is 10.8 Å². The summed E-state index contributed by atoms with van der Waals surface area (Å²) in [6, 6.07) is 9.71. The van der Waals surface area contributed by atoms with Crippen LogP contribution in [0.5, 0.6) is 5.75 Å². The standard InChI is InChI=1S/C20H22ClN3O4/c1-13-7-9-23(10-8-13)17-12-16(15(21)11-18(17)24(26)27)22-20(25)14-5-3-4-6-19(14)28-2/h3-6,11-13H,7-10H2,1-2H3,(H,22,25). The van der Waals surface area contributed by atoms with Crippen molar-refractivity contribution in [1.29, 1.82) is 0 Å². The van der Waals surface area contributed by atoms with Gasteiger partial charge in [-0.2, -0.15) is 0 Å². The van der Waals surface area contributed by atoms with Crippen molar-refractivity contribution < 1.29 is 14.5 Å². The van der Waals surface area contributed by atoms with Crippen LogP contribution in [0.3, 0.4) is 0 Å². The largest absolute Gasteiger partial charge is 0.496 e. The summed E-state index contributed by atoms with van der Waals surface area (Å²) in [7, 11) is 1.49. The minimum atomic E-state index is -0.439. The Morgan fingerprint density at radius 1 is 1.29 bits per heavy atom. The van der Waals surface area contributed by atoms with E-state index in [-0.39, 0.29) is 10.7 Å². The lowest BCUT2D eigenvalue weighted by molar-refractivity contribution is -0.384. The molecule has 1 fully saturated rings. The van der Waals surface area contributed by atoms with Crippen LogP contribution in [-0.4, -0.2) is 31.0 Å². The van der Waals surface area contributed by atoms with E-state index in [1.807, 2.05) is 4.90 Å². The van der Waals surface area contributed by atoms with E-state index in [1.54, 1.807) is 30.3 Å². The van der Waals surface area contributed by atoms with Gasteiger partial charge in [0.05, 0.1) is 28.3 Å². The molecule has 3 rings (SSSR count). The summed E-state index contributed by atoms with van der Waals surface area (Å²) < 4.78 is 5.22. The molecule has 0 spiro atoms. The molecule has 1 heterocycles. The lowest BCUT2D eigenvalue weighted by Gasteiger charge is -2.32. The van der Waals surface area contributed by atoms with Gasteiger partial charge in [-0.3, -0.25) is 14.9 Å². The van der Waals surface area contributed by atoms with Crippen LogP contribution in [0.25, 0.3) is 0 Å². The zero-order valence-corrected chi connectivity index (χ0v) is 16.5. The topological polar surface area (TPSA) is 84.7 Å². The molecule has 0 saturated carbocycles. The Bertz CT molecular complexity index is 895.